The Bertz CT molecular complexity index is 232. The normalized spacial score (nSPS) is 20.6. The number of carbonyl (C=O) groups is 2. The molecule has 0 aromatic heterocycles. The second-order valence-corrected chi connectivity index (χ2v) is 3.98. The molecule has 16 heavy (non-hydrogen) atoms. The van der Waals surface area contributed by atoms with Crippen molar-refractivity contribution >= 4 is 11.9 Å². The average molecular weight is 229 g/mol. The van der Waals surface area contributed by atoms with Gasteiger partial charge in [0.1, 0.15) is 0 Å². The fourth-order valence-electron chi connectivity index (χ4n) is 1.98. The molecule has 0 radical (unpaired) electrons. The van der Waals surface area contributed by atoms with Gasteiger partial charge in [-0.05, 0) is 25.8 Å². The van der Waals surface area contributed by atoms with E-state index in [0.29, 0.717) is 6.42 Å². The van der Waals surface area contributed by atoms with E-state index in [1.165, 1.54) is 14.2 Å². The Morgan fingerprint density at radius 2 is 1.88 bits per heavy atom. The van der Waals surface area contributed by atoms with Gasteiger partial charge in [0.15, 0.2) is 5.92 Å². The zero-order valence-corrected chi connectivity index (χ0v) is 9.82. The molecule has 1 atom stereocenters. The second kappa shape index (κ2) is 6.48. The van der Waals surface area contributed by atoms with Gasteiger partial charge < -0.3 is 14.8 Å². The van der Waals surface area contributed by atoms with Crippen molar-refractivity contribution in [1.82, 2.24) is 5.32 Å². The van der Waals surface area contributed by atoms with Crippen LogP contribution in [0.3, 0.4) is 0 Å². The molecule has 1 N–H and O–H groups in total. The maximum Gasteiger partial charge on any atom is 0.320 e. The van der Waals surface area contributed by atoms with Crippen molar-refractivity contribution in [3.05, 3.63) is 0 Å². The summed E-state index contributed by atoms with van der Waals surface area (Å²) in [7, 11) is 2.57. The fraction of sp³-hybridized carbons (Fsp3) is 0.818. The smallest absolute Gasteiger partial charge is 0.320 e. The van der Waals surface area contributed by atoms with Gasteiger partial charge in [-0.3, -0.25) is 9.59 Å². The largest absolute Gasteiger partial charge is 0.468 e. The van der Waals surface area contributed by atoms with Gasteiger partial charge in [0.2, 0.25) is 0 Å². The van der Waals surface area contributed by atoms with Crippen molar-refractivity contribution in [2.75, 3.05) is 20.8 Å². The first kappa shape index (κ1) is 13.0. The summed E-state index contributed by atoms with van der Waals surface area (Å²) in [5.41, 5.74) is 0. The standard InChI is InChI=1S/C11H19NO4/c1-15-10(13)9(11(14)16-2)7-8-5-3-4-6-12-8/h8-9,12H,3-7H2,1-2H3. The van der Waals surface area contributed by atoms with Gasteiger partial charge in [-0.25, -0.2) is 0 Å². The van der Waals surface area contributed by atoms with Crippen LogP contribution in [0.4, 0.5) is 0 Å². The molecule has 0 aliphatic carbocycles. The van der Waals surface area contributed by atoms with Gasteiger partial charge in [0.25, 0.3) is 0 Å². The first-order valence-corrected chi connectivity index (χ1v) is 5.58. The van der Waals surface area contributed by atoms with Gasteiger partial charge in [-0.2, -0.15) is 0 Å². The highest BCUT2D eigenvalue weighted by Crippen LogP contribution is 2.17. The first-order valence-electron chi connectivity index (χ1n) is 5.58. The van der Waals surface area contributed by atoms with Crippen LogP contribution in [-0.4, -0.2) is 38.7 Å². The lowest BCUT2D eigenvalue weighted by Gasteiger charge is -2.25. The van der Waals surface area contributed by atoms with Crippen molar-refractivity contribution < 1.29 is 19.1 Å². The van der Waals surface area contributed by atoms with Crippen LogP contribution in [0.2, 0.25) is 0 Å². The molecule has 0 saturated carbocycles. The summed E-state index contributed by atoms with van der Waals surface area (Å²) in [6.45, 7) is 0.944. The molecular weight excluding hydrogens is 210 g/mol. The molecule has 0 aromatic carbocycles. The summed E-state index contributed by atoms with van der Waals surface area (Å²) in [5, 5.41) is 3.29. The summed E-state index contributed by atoms with van der Waals surface area (Å²) < 4.78 is 9.22. The molecule has 1 aliphatic rings. The molecule has 5 nitrogen and oxygen atoms in total. The van der Waals surface area contributed by atoms with E-state index < -0.39 is 17.9 Å². The summed E-state index contributed by atoms with van der Waals surface area (Å²) in [4.78, 5) is 22.9. The number of hydrogen-bond donors (Lipinski definition) is 1. The van der Waals surface area contributed by atoms with E-state index in [9.17, 15) is 9.59 Å². The summed E-state index contributed by atoms with van der Waals surface area (Å²) >= 11 is 0. The number of nitrogens with one attached hydrogen (secondary N) is 1. The molecular formula is C11H19NO4. The van der Waals surface area contributed by atoms with Crippen LogP contribution in [0, 0.1) is 5.92 Å². The molecule has 1 aliphatic heterocycles. The molecule has 0 bridgehead atoms. The molecule has 1 heterocycles. The Morgan fingerprint density at radius 1 is 1.25 bits per heavy atom. The van der Waals surface area contributed by atoms with Crippen LogP contribution in [0.5, 0.6) is 0 Å². The number of esters is 2. The molecule has 0 aromatic rings. The van der Waals surface area contributed by atoms with Gasteiger partial charge in [0.05, 0.1) is 14.2 Å². The lowest BCUT2D eigenvalue weighted by Crippen LogP contribution is -2.39. The number of piperidine rings is 1. The molecule has 1 fully saturated rings. The first-order chi connectivity index (χ1) is 7.69. The van der Waals surface area contributed by atoms with Gasteiger partial charge in [0, 0.05) is 6.04 Å². The zero-order valence-electron chi connectivity index (χ0n) is 9.82. The van der Waals surface area contributed by atoms with E-state index in [0.717, 1.165) is 25.8 Å². The van der Waals surface area contributed by atoms with E-state index in [4.69, 9.17) is 0 Å². The predicted octanol–water partition coefficient (Wildman–Crippen LogP) is 0.481. The zero-order chi connectivity index (χ0) is 12.0. The third kappa shape index (κ3) is 3.48. The molecule has 1 rings (SSSR count). The maximum absolute atomic E-state index is 11.4. The topological polar surface area (TPSA) is 64.6 Å². The summed E-state index contributed by atoms with van der Waals surface area (Å²) in [6, 6.07) is 0.206. The van der Waals surface area contributed by atoms with Crippen molar-refractivity contribution in [2.24, 2.45) is 5.92 Å². The van der Waals surface area contributed by atoms with Gasteiger partial charge in [-0.15, -0.1) is 0 Å². The highest BCUT2D eigenvalue weighted by molar-refractivity contribution is 5.94. The van der Waals surface area contributed by atoms with E-state index in [-0.39, 0.29) is 6.04 Å². The van der Waals surface area contributed by atoms with Crippen LogP contribution in [0.25, 0.3) is 0 Å². The molecule has 0 amide bonds. The predicted molar refractivity (Wildman–Crippen MR) is 57.8 cm³/mol. The minimum absolute atomic E-state index is 0.206. The number of ether oxygens (including phenoxy) is 2. The van der Waals surface area contributed by atoms with Crippen LogP contribution >= 0.6 is 0 Å². The Morgan fingerprint density at radius 3 is 2.31 bits per heavy atom. The quantitative estimate of drug-likeness (QED) is 0.561. The summed E-state index contributed by atoms with van der Waals surface area (Å²) in [6.07, 6.45) is 3.73. The lowest BCUT2D eigenvalue weighted by molar-refractivity contribution is -0.159. The van der Waals surface area contributed by atoms with Crippen LogP contribution < -0.4 is 5.32 Å². The van der Waals surface area contributed by atoms with E-state index >= 15 is 0 Å². The van der Waals surface area contributed by atoms with E-state index in [1.54, 1.807) is 0 Å². The number of rotatable bonds is 4. The Hall–Kier alpha value is -1.10. The Balaban J connectivity index is 2.54. The van der Waals surface area contributed by atoms with E-state index in [2.05, 4.69) is 14.8 Å². The van der Waals surface area contributed by atoms with Gasteiger partial charge >= 0.3 is 11.9 Å². The average Bonchev–Trinajstić information content (AvgIpc) is 2.35. The Labute approximate surface area is 95.5 Å². The minimum Gasteiger partial charge on any atom is -0.468 e. The van der Waals surface area contributed by atoms with Crippen LogP contribution in [0.1, 0.15) is 25.7 Å². The second-order valence-electron chi connectivity index (χ2n) is 3.98. The highest BCUT2D eigenvalue weighted by atomic mass is 16.5. The maximum atomic E-state index is 11.4. The van der Waals surface area contributed by atoms with Crippen LogP contribution in [-0.2, 0) is 19.1 Å². The van der Waals surface area contributed by atoms with Crippen molar-refractivity contribution in [2.45, 2.75) is 31.7 Å². The summed E-state index contributed by atoms with van der Waals surface area (Å²) in [5.74, 6) is -1.83. The Kier molecular flexibility index (Phi) is 5.25. The lowest BCUT2D eigenvalue weighted by atomic mass is 9.94. The molecule has 0 spiro atoms. The molecule has 1 saturated heterocycles. The molecule has 92 valence electrons. The SMILES string of the molecule is COC(=O)C(CC1CCCCN1)C(=O)OC. The molecule has 5 heteroatoms. The molecule has 1 unspecified atom stereocenters. The number of methoxy groups -OCH3 is 2. The van der Waals surface area contributed by atoms with E-state index in [1.807, 2.05) is 0 Å². The van der Waals surface area contributed by atoms with Gasteiger partial charge in [-0.1, -0.05) is 6.42 Å². The van der Waals surface area contributed by atoms with Crippen molar-refractivity contribution in [3.63, 3.8) is 0 Å². The minimum atomic E-state index is -0.800. The number of carbonyl (C=O) groups excluding carboxylic acids is 2. The monoisotopic (exact) mass is 229 g/mol. The third-order valence-corrected chi connectivity index (χ3v) is 2.90. The van der Waals surface area contributed by atoms with Crippen molar-refractivity contribution in [1.29, 1.82) is 0 Å². The van der Waals surface area contributed by atoms with Crippen molar-refractivity contribution in [3.8, 4) is 0 Å². The number of hydrogen-bond acceptors (Lipinski definition) is 5. The highest BCUT2D eigenvalue weighted by Gasteiger charge is 2.31. The third-order valence-electron chi connectivity index (χ3n) is 2.90. The fourth-order valence-corrected chi connectivity index (χ4v) is 1.98. The van der Waals surface area contributed by atoms with Crippen LogP contribution in [0.15, 0.2) is 0 Å².